The average Bonchev–Trinajstić information content (AvgIpc) is 2.63. The number of nitrogens with zero attached hydrogens (tertiary/aromatic N) is 1. The lowest BCUT2D eigenvalue weighted by Gasteiger charge is -2.38. The number of amides is 1. The fourth-order valence-electron chi connectivity index (χ4n) is 2.98. The molecule has 2 unspecified atom stereocenters. The largest absolute Gasteiger partial charge is 0.481 e. The van der Waals surface area contributed by atoms with Crippen LogP contribution in [0.1, 0.15) is 18.5 Å². The minimum absolute atomic E-state index is 0. The van der Waals surface area contributed by atoms with Gasteiger partial charge in [0.1, 0.15) is 17.4 Å². The summed E-state index contributed by atoms with van der Waals surface area (Å²) >= 11 is 0. The number of hydrogen-bond acceptors (Lipinski definition) is 3. The van der Waals surface area contributed by atoms with Gasteiger partial charge in [-0.15, -0.1) is 12.4 Å². The van der Waals surface area contributed by atoms with Gasteiger partial charge in [0.2, 0.25) is 0 Å². The molecule has 0 radical (unpaired) electrons. The summed E-state index contributed by atoms with van der Waals surface area (Å²) in [6, 6.07) is 11.6. The van der Waals surface area contributed by atoms with Crippen molar-refractivity contribution >= 4 is 18.3 Å². The molecule has 26 heavy (non-hydrogen) atoms. The number of carbonyl (C=O) groups excluding carboxylic acids is 1. The number of rotatable bonds is 4. The molecular weight excluding hydrogens is 362 g/mol. The topological polar surface area (TPSA) is 41.6 Å². The molecule has 140 valence electrons. The summed E-state index contributed by atoms with van der Waals surface area (Å²) in [5.41, 5.74) is 0.745. The molecule has 0 bridgehead atoms. The summed E-state index contributed by atoms with van der Waals surface area (Å²) in [5.74, 6) is -0.439. The highest BCUT2D eigenvalue weighted by molar-refractivity contribution is 5.85. The van der Waals surface area contributed by atoms with Crippen LogP contribution < -0.4 is 10.1 Å². The third-order valence-electron chi connectivity index (χ3n) is 4.23. The second kappa shape index (κ2) is 8.96. The molecule has 7 heteroatoms. The van der Waals surface area contributed by atoms with Gasteiger partial charge in [-0.05, 0) is 48.9 Å². The van der Waals surface area contributed by atoms with Gasteiger partial charge in [0.15, 0.2) is 6.10 Å². The Morgan fingerprint density at radius 1 is 1.19 bits per heavy atom. The zero-order valence-electron chi connectivity index (χ0n) is 14.3. The van der Waals surface area contributed by atoms with Gasteiger partial charge in [0.25, 0.3) is 5.91 Å². The fraction of sp³-hybridized carbons (Fsp3) is 0.316. The van der Waals surface area contributed by atoms with Crippen molar-refractivity contribution in [3.05, 3.63) is 65.7 Å². The molecule has 1 amide bonds. The Balaban J connectivity index is 0.00000243. The van der Waals surface area contributed by atoms with Crippen molar-refractivity contribution in [2.24, 2.45) is 0 Å². The van der Waals surface area contributed by atoms with E-state index in [1.807, 2.05) is 6.07 Å². The molecule has 1 fully saturated rings. The molecule has 1 saturated heterocycles. The molecule has 1 heterocycles. The first-order chi connectivity index (χ1) is 12.0. The maximum Gasteiger partial charge on any atom is 0.263 e. The van der Waals surface area contributed by atoms with Gasteiger partial charge in [-0.3, -0.25) is 4.79 Å². The van der Waals surface area contributed by atoms with Gasteiger partial charge >= 0.3 is 0 Å². The SMILES string of the molecule is CC(Oc1ccc(F)cc1)C(=O)N1CCNCC1c1cccc(F)c1.Cl. The highest BCUT2D eigenvalue weighted by Crippen LogP contribution is 2.24. The monoisotopic (exact) mass is 382 g/mol. The van der Waals surface area contributed by atoms with E-state index in [4.69, 9.17) is 4.74 Å². The standard InChI is InChI=1S/C19H20F2N2O2.ClH/c1-13(25-17-7-5-15(20)6-8-17)19(24)23-10-9-22-12-18(23)14-3-2-4-16(21)11-14;/h2-8,11,13,18,22H,9-10,12H2,1H3;1H. The number of piperazine rings is 1. The van der Waals surface area contributed by atoms with Crippen LogP contribution in [0.5, 0.6) is 5.75 Å². The van der Waals surface area contributed by atoms with Crippen LogP contribution in [0.2, 0.25) is 0 Å². The van der Waals surface area contributed by atoms with Crippen LogP contribution in [-0.4, -0.2) is 36.5 Å². The quantitative estimate of drug-likeness (QED) is 0.882. The number of benzene rings is 2. The lowest BCUT2D eigenvalue weighted by atomic mass is 10.0. The van der Waals surface area contributed by atoms with E-state index >= 15 is 0 Å². The minimum Gasteiger partial charge on any atom is -0.481 e. The van der Waals surface area contributed by atoms with Crippen molar-refractivity contribution in [3.8, 4) is 5.75 Å². The van der Waals surface area contributed by atoms with Crippen LogP contribution in [0.15, 0.2) is 48.5 Å². The zero-order valence-corrected chi connectivity index (χ0v) is 15.1. The normalized spacial score (nSPS) is 18.0. The number of carbonyl (C=O) groups is 1. The van der Waals surface area contributed by atoms with Crippen LogP contribution in [-0.2, 0) is 4.79 Å². The van der Waals surface area contributed by atoms with Crippen molar-refractivity contribution in [1.82, 2.24) is 10.2 Å². The Kier molecular flexibility index (Phi) is 6.94. The van der Waals surface area contributed by atoms with Crippen molar-refractivity contribution in [2.45, 2.75) is 19.1 Å². The maximum atomic E-state index is 13.5. The van der Waals surface area contributed by atoms with E-state index in [1.165, 1.54) is 36.4 Å². The number of nitrogens with one attached hydrogen (secondary N) is 1. The van der Waals surface area contributed by atoms with E-state index in [1.54, 1.807) is 17.9 Å². The fourth-order valence-corrected chi connectivity index (χ4v) is 2.98. The molecule has 1 aliphatic heterocycles. The van der Waals surface area contributed by atoms with E-state index in [-0.39, 0.29) is 36.0 Å². The minimum atomic E-state index is -0.723. The number of ether oxygens (including phenoxy) is 1. The van der Waals surface area contributed by atoms with Crippen LogP contribution >= 0.6 is 12.4 Å². The Hall–Kier alpha value is -2.18. The van der Waals surface area contributed by atoms with Gasteiger partial charge in [-0.1, -0.05) is 12.1 Å². The molecule has 0 saturated carbocycles. The van der Waals surface area contributed by atoms with Crippen molar-refractivity contribution in [1.29, 1.82) is 0 Å². The van der Waals surface area contributed by atoms with Crippen LogP contribution in [0, 0.1) is 11.6 Å². The van der Waals surface area contributed by atoms with Crippen LogP contribution in [0.3, 0.4) is 0 Å². The van der Waals surface area contributed by atoms with Crippen molar-refractivity contribution < 1.29 is 18.3 Å². The molecule has 1 aliphatic rings. The lowest BCUT2D eigenvalue weighted by molar-refractivity contribution is -0.141. The summed E-state index contributed by atoms with van der Waals surface area (Å²) in [6.07, 6.45) is -0.723. The van der Waals surface area contributed by atoms with Gasteiger partial charge in [0, 0.05) is 19.6 Å². The average molecular weight is 383 g/mol. The highest BCUT2D eigenvalue weighted by atomic mass is 35.5. The van der Waals surface area contributed by atoms with Crippen LogP contribution in [0.25, 0.3) is 0 Å². The maximum absolute atomic E-state index is 13.5. The Morgan fingerprint density at radius 2 is 1.92 bits per heavy atom. The smallest absolute Gasteiger partial charge is 0.263 e. The van der Waals surface area contributed by atoms with E-state index in [0.717, 1.165) is 5.56 Å². The predicted octanol–water partition coefficient (Wildman–Crippen LogP) is 3.33. The summed E-state index contributed by atoms with van der Waals surface area (Å²) < 4.78 is 32.2. The Labute approximate surface area is 157 Å². The predicted molar refractivity (Wildman–Crippen MR) is 97.5 cm³/mol. The molecular formula is C19H21ClF2N2O2. The summed E-state index contributed by atoms with van der Waals surface area (Å²) in [6.45, 7) is 3.40. The summed E-state index contributed by atoms with van der Waals surface area (Å²) in [7, 11) is 0. The van der Waals surface area contributed by atoms with Crippen molar-refractivity contribution in [2.75, 3.05) is 19.6 Å². The highest BCUT2D eigenvalue weighted by Gasteiger charge is 2.31. The molecule has 2 atom stereocenters. The molecule has 3 rings (SSSR count). The molecule has 4 nitrogen and oxygen atoms in total. The number of halogens is 3. The van der Waals surface area contributed by atoms with E-state index in [0.29, 0.717) is 25.4 Å². The molecule has 2 aromatic carbocycles. The molecule has 0 spiro atoms. The third-order valence-corrected chi connectivity index (χ3v) is 4.23. The molecule has 2 aromatic rings. The second-order valence-corrected chi connectivity index (χ2v) is 6.02. The summed E-state index contributed by atoms with van der Waals surface area (Å²) in [5, 5.41) is 3.23. The first-order valence-electron chi connectivity index (χ1n) is 8.23. The Bertz CT molecular complexity index is 743. The lowest BCUT2D eigenvalue weighted by Crippen LogP contribution is -2.52. The van der Waals surface area contributed by atoms with Crippen molar-refractivity contribution in [3.63, 3.8) is 0 Å². The van der Waals surface area contributed by atoms with Gasteiger partial charge in [0.05, 0.1) is 6.04 Å². The third kappa shape index (κ3) is 4.71. The second-order valence-electron chi connectivity index (χ2n) is 6.02. The van der Waals surface area contributed by atoms with Gasteiger partial charge in [-0.2, -0.15) is 0 Å². The molecule has 0 aliphatic carbocycles. The van der Waals surface area contributed by atoms with Gasteiger partial charge in [-0.25, -0.2) is 8.78 Å². The van der Waals surface area contributed by atoms with E-state index in [2.05, 4.69) is 5.32 Å². The Morgan fingerprint density at radius 3 is 2.62 bits per heavy atom. The summed E-state index contributed by atoms with van der Waals surface area (Å²) in [4.78, 5) is 14.6. The van der Waals surface area contributed by atoms with E-state index < -0.39 is 6.10 Å². The van der Waals surface area contributed by atoms with Crippen LogP contribution in [0.4, 0.5) is 8.78 Å². The number of hydrogen-bond donors (Lipinski definition) is 1. The van der Waals surface area contributed by atoms with E-state index in [9.17, 15) is 13.6 Å². The van der Waals surface area contributed by atoms with Gasteiger partial charge < -0.3 is 15.0 Å². The molecule has 0 aromatic heterocycles. The first kappa shape index (κ1) is 20.1. The zero-order chi connectivity index (χ0) is 17.8. The molecule has 1 N–H and O–H groups in total. The first-order valence-corrected chi connectivity index (χ1v) is 8.23.